The Hall–Kier alpha value is -1.99. The van der Waals surface area contributed by atoms with E-state index >= 15 is 0 Å². The van der Waals surface area contributed by atoms with Gasteiger partial charge in [0.25, 0.3) is 0 Å². The first-order valence-corrected chi connectivity index (χ1v) is 8.79. The molecule has 2 aromatic rings. The highest BCUT2D eigenvalue weighted by molar-refractivity contribution is 5.36. The lowest BCUT2D eigenvalue weighted by atomic mass is 10.0. The van der Waals surface area contributed by atoms with Crippen molar-refractivity contribution in [2.24, 2.45) is 0 Å². The minimum Gasteiger partial charge on any atom is -0.508 e. The third-order valence-electron chi connectivity index (χ3n) is 4.71. The fourth-order valence-electron chi connectivity index (χ4n) is 3.32. The first kappa shape index (κ1) is 18.8. The van der Waals surface area contributed by atoms with E-state index in [0.29, 0.717) is 24.2 Å². The lowest BCUT2D eigenvalue weighted by Gasteiger charge is -2.18. The molecule has 1 saturated heterocycles. The van der Waals surface area contributed by atoms with E-state index in [1.54, 1.807) is 18.2 Å². The Bertz CT molecular complexity index is 722. The van der Waals surface area contributed by atoms with Crippen LogP contribution in [0.15, 0.2) is 42.5 Å². The van der Waals surface area contributed by atoms with Crippen molar-refractivity contribution in [3.8, 4) is 5.75 Å². The summed E-state index contributed by atoms with van der Waals surface area (Å²) < 4.78 is 19.0. The summed E-state index contributed by atoms with van der Waals surface area (Å²) in [5.74, 6) is -0.195. The summed E-state index contributed by atoms with van der Waals surface area (Å²) in [6.45, 7) is 0.673. The molecular weight excluding hydrogens is 337 g/mol. The lowest BCUT2D eigenvalue weighted by molar-refractivity contribution is 0.0427. The summed E-state index contributed by atoms with van der Waals surface area (Å²) in [6.07, 6.45) is 1.01. The van der Waals surface area contributed by atoms with Crippen molar-refractivity contribution < 1.29 is 24.4 Å². The molecule has 5 nitrogen and oxygen atoms in total. The summed E-state index contributed by atoms with van der Waals surface area (Å²) >= 11 is 0. The van der Waals surface area contributed by atoms with Crippen molar-refractivity contribution in [2.45, 2.75) is 37.8 Å². The van der Waals surface area contributed by atoms with Crippen LogP contribution in [0.25, 0.3) is 0 Å². The Balaban J connectivity index is 1.47. The van der Waals surface area contributed by atoms with Crippen LogP contribution in [0.1, 0.15) is 41.7 Å². The number of phenolic OH excluding ortho intramolecular Hbond substituents is 1. The normalized spacial score (nSPS) is 21.0. The van der Waals surface area contributed by atoms with Gasteiger partial charge in [0.1, 0.15) is 11.6 Å². The molecule has 0 amide bonds. The summed E-state index contributed by atoms with van der Waals surface area (Å²) in [7, 11) is 0. The molecule has 1 heterocycles. The quantitative estimate of drug-likeness (QED) is 0.609. The third kappa shape index (κ3) is 4.59. The molecule has 3 unspecified atom stereocenters. The molecule has 3 rings (SSSR count). The molecule has 1 aliphatic rings. The number of aliphatic hydroxyl groups is 2. The Morgan fingerprint density at radius 2 is 1.92 bits per heavy atom. The van der Waals surface area contributed by atoms with Crippen molar-refractivity contribution >= 4 is 0 Å². The molecule has 3 atom stereocenters. The van der Waals surface area contributed by atoms with Crippen LogP contribution < -0.4 is 5.32 Å². The van der Waals surface area contributed by atoms with Gasteiger partial charge in [-0.1, -0.05) is 18.2 Å². The second-order valence-corrected chi connectivity index (χ2v) is 6.59. The molecule has 0 radical (unpaired) electrons. The maximum absolute atomic E-state index is 13.0. The van der Waals surface area contributed by atoms with Gasteiger partial charge in [0.05, 0.1) is 24.9 Å². The molecule has 26 heavy (non-hydrogen) atoms. The largest absolute Gasteiger partial charge is 0.508 e. The minimum absolute atomic E-state index is 0.0228. The van der Waals surface area contributed by atoms with Crippen molar-refractivity contribution in [3.63, 3.8) is 0 Å². The zero-order valence-electron chi connectivity index (χ0n) is 14.4. The molecule has 0 aromatic heterocycles. The van der Waals surface area contributed by atoms with Crippen molar-refractivity contribution in [1.29, 1.82) is 0 Å². The molecule has 0 spiro atoms. The molecule has 0 bridgehead atoms. The van der Waals surface area contributed by atoms with Gasteiger partial charge in [0, 0.05) is 13.1 Å². The van der Waals surface area contributed by atoms with Gasteiger partial charge in [-0.3, -0.25) is 0 Å². The number of aliphatic hydroxyl groups excluding tert-OH is 2. The van der Waals surface area contributed by atoms with E-state index < -0.39 is 6.10 Å². The molecule has 4 N–H and O–H groups in total. The molecule has 6 heteroatoms. The molecule has 0 saturated carbocycles. The number of hydrogen-bond donors (Lipinski definition) is 4. The van der Waals surface area contributed by atoms with Gasteiger partial charge < -0.3 is 25.4 Å². The first-order valence-electron chi connectivity index (χ1n) is 8.79. The van der Waals surface area contributed by atoms with Crippen LogP contribution in [0.5, 0.6) is 5.75 Å². The number of halogens is 1. The number of hydrogen-bond acceptors (Lipinski definition) is 5. The van der Waals surface area contributed by atoms with Crippen molar-refractivity contribution in [1.82, 2.24) is 5.32 Å². The lowest BCUT2D eigenvalue weighted by Crippen LogP contribution is -2.30. The number of aromatic hydroxyl groups is 1. The molecule has 1 fully saturated rings. The summed E-state index contributed by atoms with van der Waals surface area (Å²) in [5.41, 5.74) is 2.08. The average Bonchev–Trinajstić information content (AvgIpc) is 3.11. The van der Waals surface area contributed by atoms with Gasteiger partial charge in [-0.15, -0.1) is 0 Å². The summed E-state index contributed by atoms with van der Waals surface area (Å²) in [5, 5.41) is 32.3. The first-order chi connectivity index (χ1) is 12.6. The van der Waals surface area contributed by atoms with E-state index in [9.17, 15) is 19.7 Å². The van der Waals surface area contributed by atoms with Crippen LogP contribution in [0, 0.1) is 5.82 Å². The molecule has 1 aliphatic heterocycles. The average molecular weight is 361 g/mol. The molecule has 0 aliphatic carbocycles. The van der Waals surface area contributed by atoms with Gasteiger partial charge in [-0.2, -0.15) is 0 Å². The van der Waals surface area contributed by atoms with Crippen LogP contribution in [0.2, 0.25) is 0 Å². The highest BCUT2D eigenvalue weighted by Gasteiger charge is 2.26. The fraction of sp³-hybridized carbons (Fsp3) is 0.400. The zero-order valence-corrected chi connectivity index (χ0v) is 14.4. The van der Waals surface area contributed by atoms with Crippen LogP contribution >= 0.6 is 0 Å². The Morgan fingerprint density at radius 1 is 1.15 bits per heavy atom. The number of ether oxygens (including phenoxy) is 1. The third-order valence-corrected chi connectivity index (χ3v) is 4.71. The fourth-order valence-corrected chi connectivity index (χ4v) is 3.32. The van der Waals surface area contributed by atoms with E-state index in [-0.39, 0.29) is 30.4 Å². The van der Waals surface area contributed by atoms with Crippen molar-refractivity contribution in [2.75, 3.05) is 13.1 Å². The second kappa shape index (κ2) is 8.60. The van der Waals surface area contributed by atoms with Gasteiger partial charge in [-0.25, -0.2) is 4.39 Å². The Morgan fingerprint density at radius 3 is 2.65 bits per heavy atom. The highest BCUT2D eigenvalue weighted by Crippen LogP contribution is 2.32. The molecule has 140 valence electrons. The highest BCUT2D eigenvalue weighted by atomic mass is 19.1. The second-order valence-electron chi connectivity index (χ2n) is 6.59. The Kier molecular flexibility index (Phi) is 6.21. The van der Waals surface area contributed by atoms with Gasteiger partial charge in [0.15, 0.2) is 0 Å². The molecular formula is C20H24FNO4. The van der Waals surface area contributed by atoms with Gasteiger partial charge >= 0.3 is 0 Å². The van der Waals surface area contributed by atoms with Crippen molar-refractivity contribution in [3.05, 3.63) is 65.0 Å². The predicted molar refractivity (Wildman–Crippen MR) is 95.1 cm³/mol. The van der Waals surface area contributed by atoms with E-state index in [4.69, 9.17) is 4.74 Å². The minimum atomic E-state index is -0.785. The maximum Gasteiger partial charge on any atom is 0.123 e. The Labute approximate surface area is 152 Å². The predicted octanol–water partition coefficient (Wildman–Crippen LogP) is 2.57. The standard InChI is InChI=1S/C20H24FNO4/c21-15-3-1-13(2-4-15)20-8-6-17(26-20)10-22-11-19(25)18-7-5-16(24)9-14(18)12-23/h1-5,7,9,17,19-20,22-25H,6,8,10-12H2. The topological polar surface area (TPSA) is 82.0 Å². The monoisotopic (exact) mass is 361 g/mol. The van der Waals surface area contributed by atoms with E-state index in [2.05, 4.69) is 5.32 Å². The SMILES string of the molecule is OCc1cc(O)ccc1C(O)CNCC1CCC(c2ccc(F)cc2)O1. The van der Waals surface area contributed by atoms with E-state index in [1.165, 1.54) is 24.3 Å². The van der Waals surface area contributed by atoms with Crippen LogP contribution in [0.3, 0.4) is 0 Å². The van der Waals surface area contributed by atoms with E-state index in [1.807, 2.05) is 0 Å². The van der Waals surface area contributed by atoms with Crippen LogP contribution in [-0.2, 0) is 11.3 Å². The van der Waals surface area contributed by atoms with Gasteiger partial charge in [0.2, 0.25) is 0 Å². The number of benzene rings is 2. The smallest absolute Gasteiger partial charge is 0.123 e. The number of rotatable bonds is 7. The number of phenols is 1. The zero-order chi connectivity index (χ0) is 18.5. The van der Waals surface area contributed by atoms with Gasteiger partial charge in [-0.05, 0) is 53.8 Å². The van der Waals surface area contributed by atoms with E-state index in [0.717, 1.165) is 18.4 Å². The summed E-state index contributed by atoms with van der Waals surface area (Å²) in [4.78, 5) is 0. The van der Waals surface area contributed by atoms with Crippen LogP contribution in [-0.4, -0.2) is 34.5 Å². The summed E-state index contributed by atoms with van der Waals surface area (Å²) in [6, 6.07) is 10.9. The number of nitrogens with one attached hydrogen (secondary N) is 1. The molecule has 2 aromatic carbocycles. The van der Waals surface area contributed by atoms with Crippen LogP contribution in [0.4, 0.5) is 4.39 Å². The maximum atomic E-state index is 13.0.